The van der Waals surface area contributed by atoms with Gasteiger partial charge in [0, 0.05) is 6.04 Å². The average molecular weight is 248 g/mol. The summed E-state index contributed by atoms with van der Waals surface area (Å²) < 4.78 is 0. The molecular formula is C16H28N2. The van der Waals surface area contributed by atoms with Gasteiger partial charge in [-0.05, 0) is 56.9 Å². The fraction of sp³-hybridized carbons (Fsp3) is 0.625. The molecule has 0 aliphatic carbocycles. The summed E-state index contributed by atoms with van der Waals surface area (Å²) in [6.07, 6.45) is 3.49. The predicted molar refractivity (Wildman–Crippen MR) is 79.7 cm³/mol. The van der Waals surface area contributed by atoms with E-state index in [1.165, 1.54) is 37.1 Å². The van der Waals surface area contributed by atoms with Crippen molar-refractivity contribution in [2.75, 3.05) is 19.6 Å². The van der Waals surface area contributed by atoms with Crippen molar-refractivity contribution in [1.29, 1.82) is 0 Å². The van der Waals surface area contributed by atoms with Gasteiger partial charge in [0.25, 0.3) is 0 Å². The van der Waals surface area contributed by atoms with Crippen LogP contribution in [0.2, 0.25) is 0 Å². The molecule has 0 saturated heterocycles. The molecule has 0 aliphatic rings. The van der Waals surface area contributed by atoms with Gasteiger partial charge in [-0.25, -0.2) is 0 Å². The van der Waals surface area contributed by atoms with Gasteiger partial charge in [0.2, 0.25) is 0 Å². The molecule has 0 aliphatic heterocycles. The smallest absolute Gasteiger partial charge is 0.0309 e. The lowest BCUT2D eigenvalue weighted by Crippen LogP contribution is -2.29. The summed E-state index contributed by atoms with van der Waals surface area (Å²) in [5.74, 6) is 0. The van der Waals surface area contributed by atoms with E-state index in [-0.39, 0.29) is 6.04 Å². The molecule has 0 heterocycles. The van der Waals surface area contributed by atoms with Crippen LogP contribution in [0.25, 0.3) is 0 Å². The van der Waals surface area contributed by atoms with Crippen LogP contribution in [-0.2, 0) is 0 Å². The highest BCUT2D eigenvalue weighted by atomic mass is 15.1. The highest BCUT2D eigenvalue weighted by Gasteiger charge is 2.10. The quantitative estimate of drug-likeness (QED) is 0.763. The van der Waals surface area contributed by atoms with Crippen LogP contribution in [-0.4, -0.2) is 24.5 Å². The topological polar surface area (TPSA) is 29.3 Å². The Labute approximate surface area is 112 Å². The van der Waals surface area contributed by atoms with Crippen LogP contribution in [0.1, 0.15) is 50.3 Å². The van der Waals surface area contributed by atoms with E-state index in [0.717, 1.165) is 13.0 Å². The molecule has 2 nitrogen and oxygen atoms in total. The highest BCUT2D eigenvalue weighted by molar-refractivity contribution is 5.28. The van der Waals surface area contributed by atoms with E-state index in [4.69, 9.17) is 5.73 Å². The zero-order valence-corrected chi connectivity index (χ0v) is 12.2. The minimum Gasteiger partial charge on any atom is -0.324 e. The van der Waals surface area contributed by atoms with E-state index in [1.54, 1.807) is 0 Å². The Bertz CT molecular complexity index is 330. The Kier molecular flexibility index (Phi) is 6.99. The van der Waals surface area contributed by atoms with Crippen LogP contribution in [0.3, 0.4) is 0 Å². The standard InChI is InChI=1S/C16H28N2/c1-4-11-18(12-5-2)13-10-16(17)15-9-7-6-8-14(15)3/h6-9,16H,4-5,10-13,17H2,1-3H3. The van der Waals surface area contributed by atoms with Gasteiger partial charge in [0.05, 0.1) is 0 Å². The van der Waals surface area contributed by atoms with Crippen molar-refractivity contribution in [3.63, 3.8) is 0 Å². The molecule has 2 heteroatoms. The van der Waals surface area contributed by atoms with Crippen LogP contribution in [0.5, 0.6) is 0 Å². The van der Waals surface area contributed by atoms with Crippen molar-refractivity contribution in [2.24, 2.45) is 5.73 Å². The van der Waals surface area contributed by atoms with E-state index in [9.17, 15) is 0 Å². The molecule has 2 N–H and O–H groups in total. The maximum atomic E-state index is 6.31. The molecule has 0 radical (unpaired) electrons. The van der Waals surface area contributed by atoms with Gasteiger partial charge in [-0.3, -0.25) is 0 Å². The van der Waals surface area contributed by atoms with E-state index in [0.29, 0.717) is 0 Å². The minimum absolute atomic E-state index is 0.169. The van der Waals surface area contributed by atoms with Crippen molar-refractivity contribution in [3.8, 4) is 0 Å². The van der Waals surface area contributed by atoms with Gasteiger partial charge < -0.3 is 10.6 Å². The lowest BCUT2D eigenvalue weighted by molar-refractivity contribution is 0.264. The molecule has 0 aromatic heterocycles. The lowest BCUT2D eigenvalue weighted by atomic mass is 9.99. The van der Waals surface area contributed by atoms with Crippen LogP contribution >= 0.6 is 0 Å². The van der Waals surface area contributed by atoms with Gasteiger partial charge in [0.1, 0.15) is 0 Å². The Balaban J connectivity index is 2.49. The molecular weight excluding hydrogens is 220 g/mol. The Morgan fingerprint density at radius 3 is 2.22 bits per heavy atom. The zero-order chi connectivity index (χ0) is 13.4. The fourth-order valence-corrected chi connectivity index (χ4v) is 2.45. The third kappa shape index (κ3) is 4.79. The van der Waals surface area contributed by atoms with Crippen LogP contribution in [0.15, 0.2) is 24.3 Å². The van der Waals surface area contributed by atoms with E-state index >= 15 is 0 Å². The minimum atomic E-state index is 0.169. The molecule has 1 rings (SSSR count). The fourth-order valence-electron chi connectivity index (χ4n) is 2.45. The third-order valence-electron chi connectivity index (χ3n) is 3.42. The Hall–Kier alpha value is -0.860. The second-order valence-corrected chi connectivity index (χ2v) is 5.09. The predicted octanol–water partition coefficient (Wildman–Crippen LogP) is 3.51. The summed E-state index contributed by atoms with van der Waals surface area (Å²) in [6.45, 7) is 10.1. The largest absolute Gasteiger partial charge is 0.324 e. The van der Waals surface area contributed by atoms with Gasteiger partial charge in [-0.1, -0.05) is 38.1 Å². The molecule has 1 aromatic carbocycles. The molecule has 0 spiro atoms. The zero-order valence-electron chi connectivity index (χ0n) is 12.2. The summed E-state index contributed by atoms with van der Waals surface area (Å²) in [5.41, 5.74) is 8.91. The lowest BCUT2D eigenvalue weighted by Gasteiger charge is -2.23. The Morgan fingerprint density at radius 1 is 1.06 bits per heavy atom. The first kappa shape index (κ1) is 15.2. The van der Waals surface area contributed by atoms with E-state index in [2.05, 4.69) is 49.9 Å². The number of hydrogen-bond donors (Lipinski definition) is 1. The van der Waals surface area contributed by atoms with Gasteiger partial charge >= 0.3 is 0 Å². The van der Waals surface area contributed by atoms with Crippen molar-refractivity contribution < 1.29 is 0 Å². The van der Waals surface area contributed by atoms with E-state index in [1.807, 2.05) is 0 Å². The summed E-state index contributed by atoms with van der Waals surface area (Å²) in [4.78, 5) is 2.53. The highest BCUT2D eigenvalue weighted by Crippen LogP contribution is 2.18. The number of aryl methyl sites for hydroxylation is 1. The SMILES string of the molecule is CCCN(CCC)CCC(N)c1ccccc1C. The van der Waals surface area contributed by atoms with Crippen LogP contribution in [0, 0.1) is 6.92 Å². The van der Waals surface area contributed by atoms with Crippen LogP contribution < -0.4 is 5.73 Å². The first-order chi connectivity index (χ1) is 8.69. The molecule has 1 atom stereocenters. The molecule has 18 heavy (non-hydrogen) atoms. The number of hydrogen-bond acceptors (Lipinski definition) is 2. The van der Waals surface area contributed by atoms with Gasteiger partial charge in [-0.15, -0.1) is 0 Å². The normalized spacial score (nSPS) is 12.9. The molecule has 1 unspecified atom stereocenters. The third-order valence-corrected chi connectivity index (χ3v) is 3.42. The number of rotatable bonds is 8. The summed E-state index contributed by atoms with van der Waals surface area (Å²) in [7, 11) is 0. The molecule has 0 saturated carbocycles. The first-order valence-electron chi connectivity index (χ1n) is 7.22. The summed E-state index contributed by atoms with van der Waals surface area (Å²) >= 11 is 0. The average Bonchev–Trinajstić information content (AvgIpc) is 2.36. The second-order valence-electron chi connectivity index (χ2n) is 5.09. The molecule has 102 valence electrons. The van der Waals surface area contributed by atoms with Gasteiger partial charge in [0.15, 0.2) is 0 Å². The molecule has 0 fully saturated rings. The monoisotopic (exact) mass is 248 g/mol. The molecule has 0 bridgehead atoms. The van der Waals surface area contributed by atoms with Crippen molar-refractivity contribution >= 4 is 0 Å². The van der Waals surface area contributed by atoms with E-state index < -0.39 is 0 Å². The molecule has 0 amide bonds. The van der Waals surface area contributed by atoms with Crippen molar-refractivity contribution in [2.45, 2.75) is 46.1 Å². The number of benzene rings is 1. The number of nitrogens with zero attached hydrogens (tertiary/aromatic N) is 1. The Morgan fingerprint density at radius 2 is 1.67 bits per heavy atom. The van der Waals surface area contributed by atoms with Crippen molar-refractivity contribution in [3.05, 3.63) is 35.4 Å². The second kappa shape index (κ2) is 8.28. The number of nitrogens with two attached hydrogens (primary N) is 1. The molecule has 1 aromatic rings. The first-order valence-corrected chi connectivity index (χ1v) is 7.22. The summed E-state index contributed by atoms with van der Waals surface area (Å²) in [6, 6.07) is 8.63. The summed E-state index contributed by atoms with van der Waals surface area (Å²) in [5, 5.41) is 0. The maximum absolute atomic E-state index is 6.31. The van der Waals surface area contributed by atoms with Crippen molar-refractivity contribution in [1.82, 2.24) is 4.90 Å². The van der Waals surface area contributed by atoms with Gasteiger partial charge in [-0.2, -0.15) is 0 Å². The van der Waals surface area contributed by atoms with Crippen LogP contribution in [0.4, 0.5) is 0 Å². The maximum Gasteiger partial charge on any atom is 0.0309 e.